The third-order valence-corrected chi connectivity index (χ3v) is 2.00. The van der Waals surface area contributed by atoms with Crippen molar-refractivity contribution in [1.82, 2.24) is 0 Å². The van der Waals surface area contributed by atoms with Crippen LogP contribution in [-0.4, -0.2) is 18.5 Å². The molecule has 90 valence electrons. The summed E-state index contributed by atoms with van der Waals surface area (Å²) >= 11 is 5.55. The molecule has 17 heavy (non-hydrogen) atoms. The average Bonchev–Trinajstić information content (AvgIpc) is 2.28. The Hall–Kier alpha value is -1.88. The van der Waals surface area contributed by atoms with Crippen LogP contribution >= 0.6 is 11.6 Å². The SMILES string of the molecule is NC(=O)COC(=O)/C=C/c1ccc(F)c(Cl)c1. The Labute approximate surface area is 102 Å². The van der Waals surface area contributed by atoms with Gasteiger partial charge in [-0.3, -0.25) is 4.79 Å². The van der Waals surface area contributed by atoms with Crippen LogP contribution in [0.5, 0.6) is 0 Å². The van der Waals surface area contributed by atoms with E-state index in [9.17, 15) is 14.0 Å². The number of nitrogens with two attached hydrogens (primary N) is 1. The standard InChI is InChI=1S/C11H9ClFNO3/c12-8-5-7(1-3-9(8)13)2-4-11(16)17-6-10(14)15/h1-5H,6H2,(H2,14,15)/b4-2+. The molecule has 0 aliphatic rings. The van der Waals surface area contributed by atoms with Crippen molar-refractivity contribution in [3.63, 3.8) is 0 Å². The van der Waals surface area contributed by atoms with E-state index in [-0.39, 0.29) is 5.02 Å². The number of ether oxygens (including phenoxy) is 1. The van der Waals surface area contributed by atoms with Crippen LogP contribution in [0.15, 0.2) is 24.3 Å². The average molecular weight is 258 g/mol. The predicted molar refractivity (Wildman–Crippen MR) is 60.6 cm³/mol. The molecule has 0 saturated heterocycles. The summed E-state index contributed by atoms with van der Waals surface area (Å²) in [4.78, 5) is 21.4. The van der Waals surface area contributed by atoms with Gasteiger partial charge in [-0.2, -0.15) is 0 Å². The quantitative estimate of drug-likeness (QED) is 0.657. The number of esters is 1. The van der Waals surface area contributed by atoms with Crippen molar-refractivity contribution in [1.29, 1.82) is 0 Å². The largest absolute Gasteiger partial charge is 0.452 e. The van der Waals surface area contributed by atoms with E-state index in [2.05, 4.69) is 4.74 Å². The molecule has 0 unspecified atom stereocenters. The number of hydrogen-bond acceptors (Lipinski definition) is 3. The highest BCUT2D eigenvalue weighted by molar-refractivity contribution is 6.30. The molecule has 6 heteroatoms. The lowest BCUT2D eigenvalue weighted by molar-refractivity contribution is -0.142. The van der Waals surface area contributed by atoms with Crippen molar-refractivity contribution in [2.24, 2.45) is 5.73 Å². The molecule has 1 amide bonds. The summed E-state index contributed by atoms with van der Waals surface area (Å²) in [5.41, 5.74) is 5.32. The van der Waals surface area contributed by atoms with E-state index in [4.69, 9.17) is 17.3 Å². The van der Waals surface area contributed by atoms with Crippen molar-refractivity contribution >= 4 is 29.6 Å². The first kappa shape index (κ1) is 13.2. The number of halogens is 2. The van der Waals surface area contributed by atoms with E-state index in [1.165, 1.54) is 24.3 Å². The third kappa shape index (κ3) is 4.65. The Balaban J connectivity index is 2.61. The van der Waals surface area contributed by atoms with E-state index < -0.39 is 24.3 Å². The number of carbonyl (C=O) groups is 2. The zero-order valence-corrected chi connectivity index (χ0v) is 9.41. The molecule has 0 spiro atoms. The van der Waals surface area contributed by atoms with Gasteiger partial charge >= 0.3 is 5.97 Å². The van der Waals surface area contributed by atoms with Gasteiger partial charge < -0.3 is 10.5 Å². The number of rotatable bonds is 4. The van der Waals surface area contributed by atoms with Crippen LogP contribution in [0.1, 0.15) is 5.56 Å². The summed E-state index contributed by atoms with van der Waals surface area (Å²) in [6.45, 7) is -0.479. The third-order valence-electron chi connectivity index (χ3n) is 1.71. The van der Waals surface area contributed by atoms with Crippen molar-refractivity contribution in [2.45, 2.75) is 0 Å². The van der Waals surface area contributed by atoms with Gasteiger partial charge in [0.05, 0.1) is 5.02 Å². The molecule has 1 aromatic carbocycles. The Morgan fingerprint density at radius 3 is 2.76 bits per heavy atom. The minimum atomic E-state index is -0.739. The summed E-state index contributed by atoms with van der Waals surface area (Å²) < 4.78 is 17.3. The van der Waals surface area contributed by atoms with Crippen molar-refractivity contribution in [3.8, 4) is 0 Å². The minimum absolute atomic E-state index is 0.0438. The van der Waals surface area contributed by atoms with Gasteiger partial charge in [-0.05, 0) is 23.8 Å². The maximum atomic E-state index is 12.8. The molecule has 0 saturated carbocycles. The lowest BCUT2D eigenvalue weighted by atomic mass is 10.2. The molecule has 2 N–H and O–H groups in total. The molecule has 0 bridgehead atoms. The number of amides is 1. The molecule has 0 radical (unpaired) electrons. The number of benzene rings is 1. The zero-order chi connectivity index (χ0) is 12.8. The lowest BCUT2D eigenvalue weighted by Crippen LogP contribution is -2.19. The molecule has 0 aliphatic carbocycles. The molecule has 0 aromatic heterocycles. The molecule has 1 rings (SSSR count). The smallest absolute Gasteiger partial charge is 0.331 e. The van der Waals surface area contributed by atoms with Gasteiger partial charge in [0.25, 0.3) is 5.91 Å². The van der Waals surface area contributed by atoms with Gasteiger partial charge in [-0.15, -0.1) is 0 Å². The fourth-order valence-electron chi connectivity index (χ4n) is 0.971. The molecule has 0 atom stereocenters. The Morgan fingerprint density at radius 2 is 2.18 bits per heavy atom. The second kappa shape index (κ2) is 6.00. The fourth-order valence-corrected chi connectivity index (χ4v) is 1.16. The number of carbonyl (C=O) groups excluding carboxylic acids is 2. The summed E-state index contributed by atoms with van der Waals surface area (Å²) in [5.74, 6) is -2.00. The van der Waals surface area contributed by atoms with Crippen LogP contribution < -0.4 is 5.73 Å². The van der Waals surface area contributed by atoms with Crippen molar-refractivity contribution in [2.75, 3.05) is 6.61 Å². The minimum Gasteiger partial charge on any atom is -0.452 e. The summed E-state index contributed by atoms with van der Waals surface area (Å²) in [5, 5.41) is -0.0438. The van der Waals surface area contributed by atoms with E-state index in [1.807, 2.05) is 0 Å². The van der Waals surface area contributed by atoms with Gasteiger partial charge in [0.2, 0.25) is 0 Å². The van der Waals surface area contributed by atoms with Gasteiger partial charge in [0.15, 0.2) is 6.61 Å². The zero-order valence-electron chi connectivity index (χ0n) is 8.65. The first-order valence-electron chi connectivity index (χ1n) is 4.57. The molecular formula is C11H9ClFNO3. The second-order valence-electron chi connectivity index (χ2n) is 3.08. The number of hydrogen-bond donors (Lipinski definition) is 1. The monoisotopic (exact) mass is 257 g/mol. The molecule has 0 fully saturated rings. The van der Waals surface area contributed by atoms with Crippen LogP contribution in [-0.2, 0) is 14.3 Å². The molecule has 0 heterocycles. The van der Waals surface area contributed by atoms with Gasteiger partial charge in [0, 0.05) is 6.08 Å². The molecule has 0 aliphatic heterocycles. The van der Waals surface area contributed by atoms with Crippen molar-refractivity contribution in [3.05, 3.63) is 40.7 Å². The highest BCUT2D eigenvalue weighted by atomic mass is 35.5. The van der Waals surface area contributed by atoms with Gasteiger partial charge in [-0.1, -0.05) is 17.7 Å². The van der Waals surface area contributed by atoms with Gasteiger partial charge in [-0.25, -0.2) is 9.18 Å². The van der Waals surface area contributed by atoms with Crippen LogP contribution in [0.25, 0.3) is 6.08 Å². The summed E-state index contributed by atoms with van der Waals surface area (Å²) in [6.07, 6.45) is 2.47. The molecular weight excluding hydrogens is 249 g/mol. The van der Waals surface area contributed by atoms with E-state index >= 15 is 0 Å². The van der Waals surface area contributed by atoms with E-state index in [0.717, 1.165) is 6.08 Å². The summed E-state index contributed by atoms with van der Waals surface area (Å²) in [6, 6.07) is 3.98. The first-order chi connectivity index (χ1) is 7.99. The lowest BCUT2D eigenvalue weighted by Gasteiger charge is -1.98. The normalized spacial score (nSPS) is 10.5. The summed E-state index contributed by atoms with van der Waals surface area (Å²) in [7, 11) is 0. The maximum Gasteiger partial charge on any atom is 0.331 e. The maximum absolute atomic E-state index is 12.8. The van der Waals surface area contributed by atoms with Gasteiger partial charge in [0.1, 0.15) is 5.82 Å². The van der Waals surface area contributed by atoms with E-state index in [1.54, 1.807) is 0 Å². The van der Waals surface area contributed by atoms with Crippen LogP contribution in [0.4, 0.5) is 4.39 Å². The van der Waals surface area contributed by atoms with Crippen LogP contribution in [0.3, 0.4) is 0 Å². The molecule has 1 aromatic rings. The highest BCUT2D eigenvalue weighted by Crippen LogP contribution is 2.16. The fraction of sp³-hybridized carbons (Fsp3) is 0.0909. The molecule has 4 nitrogen and oxygen atoms in total. The van der Waals surface area contributed by atoms with Crippen LogP contribution in [0.2, 0.25) is 5.02 Å². The van der Waals surface area contributed by atoms with Crippen LogP contribution in [0, 0.1) is 5.82 Å². The van der Waals surface area contributed by atoms with Crippen molar-refractivity contribution < 1.29 is 18.7 Å². The Morgan fingerprint density at radius 1 is 1.47 bits per heavy atom. The topological polar surface area (TPSA) is 69.4 Å². The Bertz CT molecular complexity index is 474. The second-order valence-corrected chi connectivity index (χ2v) is 3.49. The Kier molecular flexibility index (Phi) is 4.66. The first-order valence-corrected chi connectivity index (χ1v) is 4.95. The number of primary amides is 1. The predicted octanol–water partition coefficient (Wildman–Crippen LogP) is 1.52. The van der Waals surface area contributed by atoms with E-state index in [0.29, 0.717) is 5.56 Å². The highest BCUT2D eigenvalue weighted by Gasteiger charge is 2.01.